The van der Waals surface area contributed by atoms with Gasteiger partial charge in [0.2, 0.25) is 5.91 Å². The summed E-state index contributed by atoms with van der Waals surface area (Å²) >= 11 is 0. The Hall–Kier alpha value is -2.12. The van der Waals surface area contributed by atoms with Crippen molar-refractivity contribution < 1.29 is 49.3 Å². The van der Waals surface area contributed by atoms with Crippen LogP contribution in [-0.4, -0.2) is 99.6 Å². The van der Waals surface area contributed by atoms with Crippen LogP contribution in [0.5, 0.6) is 0 Å². The number of carbonyl (C=O) groups is 2. The Bertz CT molecular complexity index is 1440. The van der Waals surface area contributed by atoms with E-state index in [9.17, 15) is 35.1 Å². The highest BCUT2D eigenvalue weighted by Crippen LogP contribution is 2.26. The van der Waals surface area contributed by atoms with Crippen LogP contribution in [0.1, 0.15) is 329 Å². The molecule has 1 rings (SSSR count). The van der Waals surface area contributed by atoms with Crippen LogP contribution in [0.3, 0.4) is 0 Å². The van der Waals surface area contributed by atoms with Crippen molar-refractivity contribution in [2.24, 2.45) is 0 Å². The molecular weight excluding hydrogens is 1000 g/mol. The zero-order valence-electron chi connectivity index (χ0n) is 52.2. The molecule has 0 aromatic heterocycles. The third-order valence-corrected chi connectivity index (χ3v) is 16.3. The summed E-state index contributed by atoms with van der Waals surface area (Å²) in [6.07, 6.45) is 58.9. The highest BCUT2D eigenvalue weighted by atomic mass is 16.7. The lowest BCUT2D eigenvalue weighted by Crippen LogP contribution is -2.61. The molecule has 1 aliphatic rings. The van der Waals surface area contributed by atoms with Crippen LogP contribution in [0.4, 0.5) is 0 Å². The maximum atomic E-state index is 13.5. The van der Waals surface area contributed by atoms with E-state index >= 15 is 0 Å². The highest BCUT2D eigenvalue weighted by molar-refractivity contribution is 5.80. The van der Waals surface area contributed by atoms with Crippen molar-refractivity contribution in [3.8, 4) is 0 Å². The lowest BCUT2D eigenvalue weighted by atomic mass is 9.99. The van der Waals surface area contributed by atoms with Crippen molar-refractivity contribution >= 4 is 11.9 Å². The molecule has 80 heavy (non-hydrogen) atoms. The van der Waals surface area contributed by atoms with Gasteiger partial charge < -0.3 is 45.1 Å². The van der Waals surface area contributed by atoms with E-state index < -0.39 is 67.4 Å². The van der Waals surface area contributed by atoms with E-state index in [0.717, 1.165) is 64.2 Å². The van der Waals surface area contributed by atoms with Gasteiger partial charge in [-0.25, -0.2) is 0 Å². The summed E-state index contributed by atoms with van der Waals surface area (Å²) in [4.78, 5) is 26.6. The largest absolute Gasteiger partial charge is 0.454 e. The van der Waals surface area contributed by atoms with Gasteiger partial charge in [-0.05, 0) is 77.0 Å². The van der Waals surface area contributed by atoms with Crippen LogP contribution in [-0.2, 0) is 23.8 Å². The van der Waals surface area contributed by atoms with Gasteiger partial charge in [0.1, 0.15) is 24.4 Å². The molecule has 0 radical (unpaired) electrons. The Balaban J connectivity index is 2.60. The van der Waals surface area contributed by atoms with Gasteiger partial charge in [0.15, 0.2) is 12.4 Å². The molecule has 1 amide bonds. The van der Waals surface area contributed by atoms with Gasteiger partial charge >= 0.3 is 5.97 Å². The Morgan fingerprint density at radius 2 is 0.825 bits per heavy atom. The molecule has 1 fully saturated rings. The topological polar surface area (TPSA) is 175 Å². The minimum atomic E-state index is -1.61. The number of aliphatic hydroxyl groups is 5. The van der Waals surface area contributed by atoms with Crippen molar-refractivity contribution in [3.05, 3.63) is 36.5 Å². The normalized spacial score (nSPS) is 18.9. The summed E-state index contributed by atoms with van der Waals surface area (Å²) in [7, 11) is 0. The predicted molar refractivity (Wildman–Crippen MR) is 334 cm³/mol. The van der Waals surface area contributed by atoms with Crippen LogP contribution in [0.15, 0.2) is 36.5 Å². The maximum Gasteiger partial charge on any atom is 0.306 e. The molecule has 8 unspecified atom stereocenters. The van der Waals surface area contributed by atoms with E-state index in [1.807, 2.05) is 6.08 Å². The number of unbranched alkanes of at least 4 members (excludes halogenated alkanes) is 41. The average molecular weight is 1130 g/mol. The summed E-state index contributed by atoms with van der Waals surface area (Å²) in [6.45, 7) is 5.82. The van der Waals surface area contributed by atoms with Gasteiger partial charge in [0.25, 0.3) is 0 Å². The SMILES string of the molecule is CCCCCCCC/C=C/CCCCCCCCCCCCCC(=O)OC1C(OCC(NC(=O)C(O)CCCCCCCCCC/C=C/CCCCCCCC)C(O)/C=C/CCCCCCCCCCCC)OC(CO)C(O)C1O. The molecule has 8 atom stereocenters. The number of aliphatic hydroxyl groups excluding tert-OH is 5. The molecule has 0 bridgehead atoms. The molecule has 470 valence electrons. The van der Waals surface area contributed by atoms with E-state index in [0.29, 0.717) is 19.3 Å². The number of rotatable bonds is 59. The predicted octanol–water partition coefficient (Wildman–Crippen LogP) is 17.0. The van der Waals surface area contributed by atoms with E-state index in [1.54, 1.807) is 6.08 Å². The third-order valence-electron chi connectivity index (χ3n) is 16.3. The van der Waals surface area contributed by atoms with Crippen molar-refractivity contribution in [2.75, 3.05) is 13.2 Å². The second-order valence-electron chi connectivity index (χ2n) is 23.9. The number of esters is 1. The first-order valence-electron chi connectivity index (χ1n) is 34.3. The summed E-state index contributed by atoms with van der Waals surface area (Å²) in [6, 6.07) is -1.02. The van der Waals surface area contributed by atoms with Crippen molar-refractivity contribution in [1.82, 2.24) is 5.32 Å². The van der Waals surface area contributed by atoms with Gasteiger partial charge in [-0.1, -0.05) is 282 Å². The number of nitrogens with one attached hydrogen (secondary N) is 1. The first kappa shape index (κ1) is 75.9. The molecule has 0 aliphatic carbocycles. The lowest BCUT2D eigenvalue weighted by Gasteiger charge is -2.41. The van der Waals surface area contributed by atoms with Gasteiger partial charge in [-0.2, -0.15) is 0 Å². The van der Waals surface area contributed by atoms with E-state index in [-0.39, 0.29) is 13.0 Å². The molecular formula is C69H129NO10. The molecule has 0 aromatic carbocycles. The van der Waals surface area contributed by atoms with E-state index in [2.05, 4.69) is 50.4 Å². The average Bonchev–Trinajstić information content (AvgIpc) is 3.45. The second kappa shape index (κ2) is 57.3. The number of hydrogen-bond acceptors (Lipinski definition) is 10. The fraction of sp³-hybridized carbons (Fsp3) is 0.884. The number of allylic oxidation sites excluding steroid dienone is 5. The van der Waals surface area contributed by atoms with Gasteiger partial charge in [0.05, 0.1) is 25.4 Å². The smallest absolute Gasteiger partial charge is 0.306 e. The fourth-order valence-corrected chi connectivity index (χ4v) is 10.8. The highest BCUT2D eigenvalue weighted by Gasteiger charge is 2.47. The maximum absolute atomic E-state index is 13.5. The monoisotopic (exact) mass is 1130 g/mol. The Morgan fingerprint density at radius 1 is 0.475 bits per heavy atom. The van der Waals surface area contributed by atoms with Crippen molar-refractivity contribution in [2.45, 2.75) is 378 Å². The molecule has 11 heteroatoms. The van der Waals surface area contributed by atoms with E-state index in [1.165, 1.54) is 218 Å². The summed E-state index contributed by atoms with van der Waals surface area (Å²) in [5, 5.41) is 57.1. The number of ether oxygens (including phenoxy) is 3. The number of carbonyl (C=O) groups excluding carboxylic acids is 2. The first-order chi connectivity index (χ1) is 39.2. The second-order valence-corrected chi connectivity index (χ2v) is 23.9. The first-order valence-corrected chi connectivity index (χ1v) is 34.3. The zero-order valence-corrected chi connectivity index (χ0v) is 52.2. The summed E-state index contributed by atoms with van der Waals surface area (Å²) in [5.74, 6) is -1.18. The molecule has 11 nitrogen and oxygen atoms in total. The third kappa shape index (κ3) is 44.4. The zero-order chi connectivity index (χ0) is 58.2. The number of hydrogen-bond donors (Lipinski definition) is 6. The van der Waals surface area contributed by atoms with Crippen molar-refractivity contribution in [1.29, 1.82) is 0 Å². The molecule has 1 saturated heterocycles. The standard InChI is InChI=1S/C69H129NO10/c1-4-7-10-13-16-19-22-25-27-29-31-32-33-35-37-39-42-45-48-51-54-57-64(74)80-67-66(76)65(75)63(58-71)79-69(67)78-59-60(61(72)55-52-49-46-43-40-24-21-18-15-12-9-6-3)70-68(77)62(73)56-53-50-47-44-41-38-36-34-30-28-26-23-20-17-14-11-8-5-2/h25-28,52,55,60-63,65-67,69,71-73,75-76H,4-24,29-51,53-54,56-59H2,1-3H3,(H,70,77)/b27-25+,28-26+,55-52+. The quantitative estimate of drug-likeness (QED) is 0.0195. The minimum Gasteiger partial charge on any atom is -0.454 e. The van der Waals surface area contributed by atoms with Gasteiger partial charge in [-0.15, -0.1) is 0 Å². The molecule has 1 aliphatic heterocycles. The van der Waals surface area contributed by atoms with Crippen LogP contribution in [0.2, 0.25) is 0 Å². The number of amides is 1. The molecule has 0 aromatic rings. The Morgan fingerprint density at radius 3 is 1.21 bits per heavy atom. The van der Waals surface area contributed by atoms with Crippen LogP contribution < -0.4 is 5.32 Å². The molecule has 1 heterocycles. The summed E-state index contributed by atoms with van der Waals surface area (Å²) in [5.41, 5.74) is 0. The van der Waals surface area contributed by atoms with Crippen LogP contribution in [0.25, 0.3) is 0 Å². The van der Waals surface area contributed by atoms with Crippen LogP contribution >= 0.6 is 0 Å². The van der Waals surface area contributed by atoms with E-state index in [4.69, 9.17) is 14.2 Å². The Kier molecular flexibility index (Phi) is 54.4. The molecule has 0 spiro atoms. The van der Waals surface area contributed by atoms with Gasteiger partial charge in [-0.3, -0.25) is 9.59 Å². The fourth-order valence-electron chi connectivity index (χ4n) is 10.8. The Labute approximate surface area is 492 Å². The van der Waals surface area contributed by atoms with Crippen LogP contribution in [0, 0.1) is 0 Å². The summed E-state index contributed by atoms with van der Waals surface area (Å²) < 4.78 is 17.7. The molecule has 0 saturated carbocycles. The molecule has 6 N–H and O–H groups in total. The lowest BCUT2D eigenvalue weighted by molar-refractivity contribution is -0.305. The van der Waals surface area contributed by atoms with Gasteiger partial charge in [0, 0.05) is 6.42 Å². The van der Waals surface area contributed by atoms with Crippen molar-refractivity contribution in [3.63, 3.8) is 0 Å². The minimum absolute atomic E-state index is 0.125.